The quantitative estimate of drug-likeness (QED) is 0.279. The van der Waals surface area contributed by atoms with Crippen molar-refractivity contribution in [2.75, 3.05) is 6.61 Å². The summed E-state index contributed by atoms with van der Waals surface area (Å²) in [6.45, 7) is 5.95. The Morgan fingerprint density at radius 1 is 1.03 bits per heavy atom. The molecule has 0 amide bonds. The van der Waals surface area contributed by atoms with Crippen molar-refractivity contribution in [2.45, 2.75) is 129 Å². The molecule has 0 aliphatic heterocycles. The van der Waals surface area contributed by atoms with Gasteiger partial charge >= 0.3 is 5.97 Å². The van der Waals surface area contributed by atoms with Gasteiger partial charge in [0, 0.05) is 18.3 Å². The maximum absolute atomic E-state index is 13.3. The van der Waals surface area contributed by atoms with E-state index in [1.165, 1.54) is 31.3 Å². The topological polar surface area (TPSA) is 101 Å². The number of hydrogen-bond donors (Lipinski definition) is 2. The van der Waals surface area contributed by atoms with Gasteiger partial charge in [-0.3, -0.25) is 14.4 Å². The van der Waals surface area contributed by atoms with Gasteiger partial charge < -0.3 is 14.9 Å². The van der Waals surface area contributed by atoms with Crippen LogP contribution in [-0.2, 0) is 19.1 Å². The van der Waals surface area contributed by atoms with Gasteiger partial charge in [0.2, 0.25) is 5.78 Å². The normalized spacial score (nSPS) is 38.8. The number of ether oxygens (including phenoxy) is 1. The molecule has 3 saturated carbocycles. The van der Waals surface area contributed by atoms with E-state index in [4.69, 9.17) is 4.74 Å². The van der Waals surface area contributed by atoms with Crippen LogP contribution in [0, 0.1) is 28.6 Å². The first-order chi connectivity index (χ1) is 17.6. The van der Waals surface area contributed by atoms with Gasteiger partial charge in [-0.25, -0.2) is 0 Å². The number of ketones is 2. The molecular weight excluding hydrogens is 468 g/mol. The zero-order valence-corrected chi connectivity index (χ0v) is 23.2. The molecule has 0 radical (unpaired) electrons. The molecule has 4 aliphatic rings. The van der Waals surface area contributed by atoms with E-state index in [1.807, 2.05) is 13.0 Å². The first kappa shape index (κ1) is 28.5. The molecule has 37 heavy (non-hydrogen) atoms. The second-order valence-electron chi connectivity index (χ2n) is 12.9. The number of unbranched alkanes of at least 4 members (excludes halogenated alkanes) is 6. The van der Waals surface area contributed by atoms with Gasteiger partial charge in [0.1, 0.15) is 5.60 Å². The summed E-state index contributed by atoms with van der Waals surface area (Å²) in [6, 6.07) is 0. The number of hydrogen-bond acceptors (Lipinski definition) is 6. The molecule has 0 aromatic rings. The average Bonchev–Trinajstić information content (AvgIpc) is 3.13. The average molecular weight is 517 g/mol. The van der Waals surface area contributed by atoms with Crippen LogP contribution in [0.15, 0.2) is 11.6 Å². The van der Waals surface area contributed by atoms with E-state index in [9.17, 15) is 24.6 Å². The number of rotatable bonds is 11. The van der Waals surface area contributed by atoms with Crippen molar-refractivity contribution >= 4 is 17.5 Å². The lowest BCUT2D eigenvalue weighted by atomic mass is 9.45. The van der Waals surface area contributed by atoms with Crippen molar-refractivity contribution in [3.05, 3.63) is 11.6 Å². The van der Waals surface area contributed by atoms with Crippen molar-refractivity contribution in [1.29, 1.82) is 0 Å². The Labute approximate surface area is 222 Å². The number of carbonyl (C=O) groups is 3. The van der Waals surface area contributed by atoms with Crippen LogP contribution in [0.4, 0.5) is 0 Å². The number of esters is 1. The largest absolute Gasteiger partial charge is 0.458 e. The number of carbonyl (C=O) groups excluding carboxylic acids is 3. The van der Waals surface area contributed by atoms with Crippen molar-refractivity contribution in [2.24, 2.45) is 28.6 Å². The lowest BCUT2D eigenvalue weighted by Gasteiger charge is -2.60. The summed E-state index contributed by atoms with van der Waals surface area (Å²) in [6.07, 6.45) is 13.6. The molecule has 0 bridgehead atoms. The highest BCUT2D eigenvalue weighted by molar-refractivity contribution is 5.92. The van der Waals surface area contributed by atoms with E-state index in [0.29, 0.717) is 25.7 Å². The van der Waals surface area contributed by atoms with Crippen LogP contribution in [0.1, 0.15) is 117 Å². The Balaban J connectivity index is 1.36. The zero-order valence-electron chi connectivity index (χ0n) is 23.2. The molecule has 7 atom stereocenters. The molecule has 0 spiro atoms. The van der Waals surface area contributed by atoms with Gasteiger partial charge in [0.05, 0.1) is 6.10 Å². The SMILES string of the molecule is CCCCCCCCCC(=O)OCC(=O)[C@@]1(O)CC[C@H]2[C@@H]3CCC4=CC(=O)CC[C@]4(C)[C@H]3[C@@H](O)C[C@@]21C. The maximum atomic E-state index is 13.3. The van der Waals surface area contributed by atoms with Gasteiger partial charge in [0.25, 0.3) is 0 Å². The van der Waals surface area contributed by atoms with E-state index in [0.717, 1.165) is 44.9 Å². The van der Waals surface area contributed by atoms with Crippen LogP contribution in [-0.4, -0.2) is 46.1 Å². The van der Waals surface area contributed by atoms with Crippen LogP contribution in [0.5, 0.6) is 0 Å². The van der Waals surface area contributed by atoms with Crippen LogP contribution in [0.3, 0.4) is 0 Å². The standard InChI is InChI=1S/C31H48O6/c1-4-5-6-7-8-9-10-11-27(35)37-20-26(34)31(36)17-15-24-23-13-12-21-18-22(32)14-16-29(21,2)28(23)25(33)19-30(24,31)3/h18,23-25,28,33,36H,4-17,19-20H2,1-3H3/t23-,24-,25-,28+,29-,30-,31-/m0/s1. The van der Waals surface area contributed by atoms with E-state index in [-0.39, 0.29) is 34.9 Å². The molecular formula is C31H48O6. The highest BCUT2D eigenvalue weighted by Crippen LogP contribution is 2.67. The van der Waals surface area contributed by atoms with Crippen LogP contribution in [0.2, 0.25) is 0 Å². The minimum Gasteiger partial charge on any atom is -0.458 e. The van der Waals surface area contributed by atoms with Gasteiger partial charge in [0.15, 0.2) is 12.4 Å². The second kappa shape index (κ2) is 11.3. The molecule has 0 aromatic heterocycles. The Bertz CT molecular complexity index is 909. The fourth-order valence-electron chi connectivity index (χ4n) is 8.71. The fraction of sp³-hybridized carbons (Fsp3) is 0.839. The molecule has 208 valence electrons. The Morgan fingerprint density at radius 2 is 1.73 bits per heavy atom. The third-order valence-electron chi connectivity index (χ3n) is 10.9. The molecule has 3 fully saturated rings. The van der Waals surface area contributed by atoms with Gasteiger partial charge in [-0.05, 0) is 74.2 Å². The monoisotopic (exact) mass is 516 g/mol. The molecule has 0 heterocycles. The minimum absolute atomic E-state index is 0.0379. The zero-order chi connectivity index (χ0) is 26.8. The first-order valence-corrected chi connectivity index (χ1v) is 14.9. The number of Topliss-reactive ketones (excluding diaryl/α,β-unsaturated/α-hetero) is 1. The Kier molecular flexibility index (Phi) is 8.69. The van der Waals surface area contributed by atoms with Crippen molar-refractivity contribution < 1.29 is 29.3 Å². The van der Waals surface area contributed by atoms with Crippen molar-refractivity contribution in [1.82, 2.24) is 0 Å². The lowest BCUT2D eigenvalue weighted by Crippen LogP contribution is -2.62. The molecule has 4 aliphatic carbocycles. The predicted octanol–water partition coefficient (Wildman–Crippen LogP) is 5.47. The van der Waals surface area contributed by atoms with Gasteiger partial charge in [-0.1, -0.05) is 64.9 Å². The first-order valence-electron chi connectivity index (χ1n) is 14.9. The molecule has 0 unspecified atom stereocenters. The van der Waals surface area contributed by atoms with Crippen molar-refractivity contribution in [3.8, 4) is 0 Å². The van der Waals surface area contributed by atoms with E-state index < -0.39 is 29.5 Å². The van der Waals surface area contributed by atoms with E-state index in [2.05, 4.69) is 13.8 Å². The number of allylic oxidation sites excluding steroid dienone is 1. The Morgan fingerprint density at radius 3 is 2.46 bits per heavy atom. The number of aliphatic hydroxyl groups is 2. The second-order valence-corrected chi connectivity index (χ2v) is 12.9. The number of fused-ring (bicyclic) bond motifs is 5. The van der Waals surface area contributed by atoms with E-state index in [1.54, 1.807) is 0 Å². The van der Waals surface area contributed by atoms with Gasteiger partial charge in [-0.2, -0.15) is 0 Å². The smallest absolute Gasteiger partial charge is 0.306 e. The summed E-state index contributed by atoms with van der Waals surface area (Å²) in [4.78, 5) is 37.7. The summed E-state index contributed by atoms with van der Waals surface area (Å²) < 4.78 is 5.33. The molecule has 0 aromatic carbocycles. The molecule has 0 saturated heterocycles. The van der Waals surface area contributed by atoms with E-state index >= 15 is 0 Å². The minimum atomic E-state index is -1.59. The van der Waals surface area contributed by atoms with Gasteiger partial charge in [-0.15, -0.1) is 0 Å². The molecule has 4 rings (SSSR count). The fourth-order valence-corrected chi connectivity index (χ4v) is 8.71. The maximum Gasteiger partial charge on any atom is 0.306 e. The molecule has 2 N–H and O–H groups in total. The summed E-state index contributed by atoms with van der Waals surface area (Å²) in [5.74, 6) is -0.262. The van der Waals surface area contributed by atoms with Crippen LogP contribution < -0.4 is 0 Å². The third kappa shape index (κ3) is 5.22. The van der Waals surface area contributed by atoms with Crippen LogP contribution in [0.25, 0.3) is 0 Å². The highest BCUT2D eigenvalue weighted by atomic mass is 16.5. The summed E-state index contributed by atoms with van der Waals surface area (Å²) >= 11 is 0. The summed E-state index contributed by atoms with van der Waals surface area (Å²) in [5.41, 5.74) is -1.38. The summed E-state index contributed by atoms with van der Waals surface area (Å²) in [5, 5.41) is 23.3. The lowest BCUT2D eigenvalue weighted by molar-refractivity contribution is -0.184. The Hall–Kier alpha value is -1.53. The molecule has 6 heteroatoms. The summed E-state index contributed by atoms with van der Waals surface area (Å²) in [7, 11) is 0. The predicted molar refractivity (Wildman–Crippen MR) is 142 cm³/mol. The van der Waals surface area contributed by atoms with Crippen LogP contribution >= 0.6 is 0 Å². The highest BCUT2D eigenvalue weighted by Gasteiger charge is 2.68. The third-order valence-corrected chi connectivity index (χ3v) is 10.9. The van der Waals surface area contributed by atoms with Crippen molar-refractivity contribution in [3.63, 3.8) is 0 Å². The number of aliphatic hydroxyl groups excluding tert-OH is 1. The molecule has 6 nitrogen and oxygen atoms in total.